The Bertz CT molecular complexity index is 759. The fourth-order valence-electron chi connectivity index (χ4n) is 3.35. The predicted octanol–water partition coefficient (Wildman–Crippen LogP) is 3.16. The molecule has 0 aliphatic carbocycles. The van der Waals surface area contributed by atoms with E-state index in [4.69, 9.17) is 4.74 Å². The number of aliphatic imine (C=N–C) groups is 1. The maximum atomic E-state index is 5.55. The van der Waals surface area contributed by atoms with Gasteiger partial charge in [-0.05, 0) is 19.4 Å². The maximum Gasteiger partial charge on any atom is 0.191 e. The SMILES string of the molecule is CN=C(NCCc1ncc(C)s1)NCC(c1ccc(C)cc1)N1CCOCC1.I. The fourth-order valence-corrected chi connectivity index (χ4v) is 4.14. The topological polar surface area (TPSA) is 61.8 Å². The van der Waals surface area contributed by atoms with Crippen LogP contribution in [-0.2, 0) is 11.2 Å². The molecule has 29 heavy (non-hydrogen) atoms. The highest BCUT2D eigenvalue weighted by Gasteiger charge is 2.22. The summed E-state index contributed by atoms with van der Waals surface area (Å²) in [4.78, 5) is 12.6. The number of thiazole rings is 1. The number of aryl methyl sites for hydroxylation is 2. The normalized spacial score (nSPS) is 16.2. The molecule has 1 atom stereocenters. The van der Waals surface area contributed by atoms with Crippen molar-refractivity contribution in [2.45, 2.75) is 26.3 Å². The lowest BCUT2D eigenvalue weighted by atomic mass is 10.0. The fraction of sp³-hybridized carbons (Fsp3) is 0.524. The van der Waals surface area contributed by atoms with E-state index in [1.54, 1.807) is 11.3 Å². The Morgan fingerprint density at radius 2 is 1.93 bits per heavy atom. The first-order valence-electron chi connectivity index (χ1n) is 9.90. The molecule has 160 valence electrons. The second-order valence-corrected chi connectivity index (χ2v) is 8.39. The van der Waals surface area contributed by atoms with E-state index in [9.17, 15) is 0 Å². The van der Waals surface area contributed by atoms with Crippen LogP contribution in [0.1, 0.15) is 27.1 Å². The molecule has 2 N–H and O–H groups in total. The number of morpholine rings is 1. The molecular formula is C21H32IN5OS. The molecule has 3 rings (SSSR count). The highest BCUT2D eigenvalue weighted by atomic mass is 127. The van der Waals surface area contributed by atoms with Gasteiger partial charge >= 0.3 is 0 Å². The molecule has 0 radical (unpaired) electrons. The molecule has 0 amide bonds. The second-order valence-electron chi connectivity index (χ2n) is 7.07. The van der Waals surface area contributed by atoms with Crippen molar-refractivity contribution in [1.82, 2.24) is 20.5 Å². The molecule has 1 aromatic carbocycles. The first-order valence-corrected chi connectivity index (χ1v) is 10.7. The average molecular weight is 529 g/mol. The lowest BCUT2D eigenvalue weighted by Gasteiger charge is -2.35. The third kappa shape index (κ3) is 7.51. The van der Waals surface area contributed by atoms with Crippen LogP contribution in [-0.4, -0.2) is 62.3 Å². The molecule has 1 fully saturated rings. The van der Waals surface area contributed by atoms with Crippen molar-refractivity contribution in [2.24, 2.45) is 4.99 Å². The Morgan fingerprint density at radius 1 is 1.21 bits per heavy atom. The lowest BCUT2D eigenvalue weighted by Crippen LogP contribution is -2.46. The van der Waals surface area contributed by atoms with Crippen LogP contribution in [0.3, 0.4) is 0 Å². The number of rotatable bonds is 7. The molecule has 1 aliphatic heterocycles. The summed E-state index contributed by atoms with van der Waals surface area (Å²) < 4.78 is 5.55. The molecule has 0 bridgehead atoms. The summed E-state index contributed by atoms with van der Waals surface area (Å²) >= 11 is 1.75. The smallest absolute Gasteiger partial charge is 0.191 e. The van der Waals surface area contributed by atoms with Gasteiger partial charge in [0.25, 0.3) is 0 Å². The molecule has 2 heterocycles. The Hall–Kier alpha value is -1.23. The summed E-state index contributed by atoms with van der Waals surface area (Å²) in [6.45, 7) is 9.34. The number of hydrogen-bond donors (Lipinski definition) is 2. The summed E-state index contributed by atoms with van der Waals surface area (Å²) in [5.41, 5.74) is 2.61. The summed E-state index contributed by atoms with van der Waals surface area (Å²) in [5.74, 6) is 0.832. The Labute approximate surface area is 195 Å². The molecule has 1 unspecified atom stereocenters. The van der Waals surface area contributed by atoms with Gasteiger partial charge < -0.3 is 15.4 Å². The number of guanidine groups is 1. The van der Waals surface area contributed by atoms with Gasteiger partial charge in [-0.1, -0.05) is 29.8 Å². The van der Waals surface area contributed by atoms with Crippen molar-refractivity contribution in [3.63, 3.8) is 0 Å². The van der Waals surface area contributed by atoms with Crippen LogP contribution < -0.4 is 10.6 Å². The van der Waals surface area contributed by atoms with Crippen LogP contribution in [0.4, 0.5) is 0 Å². The first kappa shape index (κ1) is 24.0. The zero-order chi connectivity index (χ0) is 19.8. The third-order valence-corrected chi connectivity index (χ3v) is 5.91. The predicted molar refractivity (Wildman–Crippen MR) is 132 cm³/mol. The number of ether oxygens (including phenoxy) is 1. The number of aromatic nitrogens is 1. The Morgan fingerprint density at radius 3 is 2.55 bits per heavy atom. The van der Waals surface area contributed by atoms with E-state index in [-0.39, 0.29) is 24.0 Å². The minimum Gasteiger partial charge on any atom is -0.379 e. The van der Waals surface area contributed by atoms with E-state index in [2.05, 4.69) is 63.6 Å². The first-order chi connectivity index (χ1) is 13.7. The minimum absolute atomic E-state index is 0. The molecule has 2 aromatic rings. The van der Waals surface area contributed by atoms with Gasteiger partial charge in [-0.3, -0.25) is 9.89 Å². The monoisotopic (exact) mass is 529 g/mol. The Balaban J connectivity index is 0.00000300. The van der Waals surface area contributed by atoms with Crippen molar-refractivity contribution in [1.29, 1.82) is 0 Å². The van der Waals surface area contributed by atoms with Gasteiger partial charge in [0.1, 0.15) is 0 Å². The summed E-state index contributed by atoms with van der Waals surface area (Å²) in [7, 11) is 1.82. The van der Waals surface area contributed by atoms with Gasteiger partial charge in [-0.2, -0.15) is 0 Å². The molecule has 0 spiro atoms. The Kier molecular flexibility index (Phi) is 10.3. The van der Waals surface area contributed by atoms with Crippen LogP contribution in [0.2, 0.25) is 0 Å². The number of halogens is 1. The van der Waals surface area contributed by atoms with Crippen LogP contribution in [0, 0.1) is 13.8 Å². The maximum absolute atomic E-state index is 5.55. The van der Waals surface area contributed by atoms with Crippen LogP contribution in [0.25, 0.3) is 0 Å². The average Bonchev–Trinajstić information content (AvgIpc) is 3.14. The van der Waals surface area contributed by atoms with E-state index < -0.39 is 0 Å². The van der Waals surface area contributed by atoms with Gasteiger partial charge in [0.05, 0.1) is 24.3 Å². The van der Waals surface area contributed by atoms with E-state index in [1.807, 2.05) is 13.2 Å². The minimum atomic E-state index is 0. The van der Waals surface area contributed by atoms with Crippen molar-refractivity contribution < 1.29 is 4.74 Å². The van der Waals surface area contributed by atoms with Gasteiger partial charge in [0.15, 0.2) is 5.96 Å². The van der Waals surface area contributed by atoms with Crippen molar-refractivity contribution >= 4 is 41.3 Å². The van der Waals surface area contributed by atoms with Gasteiger partial charge in [0, 0.05) is 50.7 Å². The molecule has 0 saturated carbocycles. The zero-order valence-electron chi connectivity index (χ0n) is 17.5. The molecule has 1 aliphatic rings. The molecular weight excluding hydrogens is 497 g/mol. The van der Waals surface area contributed by atoms with Crippen molar-refractivity contribution in [2.75, 3.05) is 46.4 Å². The summed E-state index contributed by atoms with van der Waals surface area (Å²) in [6.07, 6.45) is 2.84. The van der Waals surface area contributed by atoms with E-state index in [1.165, 1.54) is 16.0 Å². The second kappa shape index (κ2) is 12.5. The number of benzene rings is 1. The van der Waals surface area contributed by atoms with Crippen molar-refractivity contribution in [3.05, 3.63) is 51.5 Å². The molecule has 6 nitrogen and oxygen atoms in total. The number of hydrogen-bond acceptors (Lipinski definition) is 5. The molecule has 1 saturated heterocycles. The highest BCUT2D eigenvalue weighted by Crippen LogP contribution is 2.21. The van der Waals surface area contributed by atoms with Gasteiger partial charge in [0.2, 0.25) is 0 Å². The van der Waals surface area contributed by atoms with E-state index >= 15 is 0 Å². The highest BCUT2D eigenvalue weighted by molar-refractivity contribution is 14.0. The number of nitrogens with one attached hydrogen (secondary N) is 2. The standard InChI is InChI=1S/C21H31N5OS.HI/c1-16-4-6-18(7-5-16)19(26-10-12-27-13-11-26)15-25-21(22-3)23-9-8-20-24-14-17(2)28-20;/h4-7,14,19H,8-13,15H2,1-3H3,(H2,22,23,25);1H. The van der Waals surface area contributed by atoms with Gasteiger partial charge in [-0.15, -0.1) is 35.3 Å². The molecule has 8 heteroatoms. The lowest BCUT2D eigenvalue weighted by molar-refractivity contribution is 0.0170. The quantitative estimate of drug-likeness (QED) is 0.328. The summed E-state index contributed by atoms with van der Waals surface area (Å²) in [5, 5.41) is 8.08. The largest absolute Gasteiger partial charge is 0.379 e. The van der Waals surface area contributed by atoms with Crippen LogP contribution in [0.5, 0.6) is 0 Å². The zero-order valence-corrected chi connectivity index (χ0v) is 20.6. The summed E-state index contributed by atoms with van der Waals surface area (Å²) in [6, 6.07) is 9.14. The van der Waals surface area contributed by atoms with E-state index in [0.717, 1.165) is 56.8 Å². The number of nitrogens with zero attached hydrogens (tertiary/aromatic N) is 3. The van der Waals surface area contributed by atoms with Crippen LogP contribution in [0.15, 0.2) is 35.5 Å². The van der Waals surface area contributed by atoms with E-state index in [0.29, 0.717) is 6.04 Å². The third-order valence-electron chi connectivity index (χ3n) is 4.94. The van der Waals surface area contributed by atoms with Crippen LogP contribution >= 0.6 is 35.3 Å². The molecule has 1 aromatic heterocycles. The van der Waals surface area contributed by atoms with Crippen molar-refractivity contribution in [3.8, 4) is 0 Å². The van der Waals surface area contributed by atoms with Gasteiger partial charge in [-0.25, -0.2) is 4.98 Å².